The van der Waals surface area contributed by atoms with Crippen molar-refractivity contribution in [3.05, 3.63) is 131 Å². The number of aryl methyl sites for hydroxylation is 2. The molecule has 5 aromatic rings. The number of carboxylic acid groups (broad SMARTS) is 2. The fraction of sp³-hybridized carbons (Fsp3) is 0.150. The average Bonchev–Trinajstić information content (AvgIpc) is 3.08. The topological polar surface area (TPSA) is 145 Å². The maximum Gasteiger partial charge on any atom is 2.00 e. The SMILES string of the molecule is CC(=O)[O-].CC(=O)[O-].CCc1cc(-c2ccccc2)cc(C=Nc2ccc(N=Cc3cc(-c4ccccc4)cc(CC)c3O)cc2)c1O.[Co+2]. The maximum atomic E-state index is 10.8. The number of carboxylic acids is 2. The Morgan fingerprint density at radius 2 is 0.878 bits per heavy atom. The summed E-state index contributed by atoms with van der Waals surface area (Å²) in [5, 5.41) is 39.3. The van der Waals surface area contributed by atoms with E-state index in [9.17, 15) is 10.2 Å². The molecule has 5 aromatic carbocycles. The van der Waals surface area contributed by atoms with Gasteiger partial charge in [0, 0.05) is 35.5 Å². The van der Waals surface area contributed by atoms with Gasteiger partial charge in [-0.05, 0) is 109 Å². The van der Waals surface area contributed by atoms with Crippen LogP contribution in [0.5, 0.6) is 11.5 Å². The predicted molar refractivity (Wildman–Crippen MR) is 188 cm³/mol. The van der Waals surface area contributed by atoms with Crippen LogP contribution in [0.1, 0.15) is 49.9 Å². The summed E-state index contributed by atoms with van der Waals surface area (Å²) in [5.74, 6) is -1.65. The number of carbonyl (C=O) groups is 2. The predicted octanol–water partition coefficient (Wildman–Crippen LogP) is 6.57. The Labute approximate surface area is 297 Å². The van der Waals surface area contributed by atoms with E-state index in [0.717, 1.165) is 71.4 Å². The normalized spacial score (nSPS) is 10.4. The van der Waals surface area contributed by atoms with E-state index in [2.05, 4.69) is 34.3 Å². The van der Waals surface area contributed by atoms with Crippen LogP contribution in [-0.4, -0.2) is 34.6 Å². The zero-order chi connectivity index (χ0) is 35.1. The molecule has 0 amide bonds. The number of phenolic OH excluding ortho intramolecular Hbond substituents is 2. The average molecular weight is 702 g/mol. The quantitative estimate of drug-likeness (QED) is 0.175. The van der Waals surface area contributed by atoms with Crippen molar-refractivity contribution >= 4 is 35.7 Å². The number of rotatable bonds is 8. The fourth-order valence-electron chi connectivity index (χ4n) is 4.68. The molecule has 0 atom stereocenters. The first-order chi connectivity index (χ1) is 23.0. The van der Waals surface area contributed by atoms with E-state index < -0.39 is 11.9 Å². The van der Waals surface area contributed by atoms with Gasteiger partial charge in [0.2, 0.25) is 0 Å². The van der Waals surface area contributed by atoms with E-state index in [1.807, 2.05) is 98.8 Å². The second-order valence-corrected chi connectivity index (χ2v) is 10.6. The Bertz CT molecular complexity index is 1730. The number of aliphatic imine (C=N–C) groups is 2. The molecule has 0 aliphatic heterocycles. The molecule has 9 heteroatoms. The van der Waals surface area contributed by atoms with Crippen molar-refractivity contribution in [3.63, 3.8) is 0 Å². The number of phenols is 2. The third kappa shape index (κ3) is 12.6. The summed E-state index contributed by atoms with van der Waals surface area (Å²) >= 11 is 0. The Hall–Kier alpha value is -5.51. The third-order valence-corrected chi connectivity index (χ3v) is 6.97. The molecule has 5 rings (SSSR count). The van der Waals surface area contributed by atoms with Gasteiger partial charge in [0.15, 0.2) is 0 Å². The zero-order valence-corrected chi connectivity index (χ0v) is 28.8. The van der Waals surface area contributed by atoms with Gasteiger partial charge < -0.3 is 30.0 Å². The molecule has 253 valence electrons. The summed E-state index contributed by atoms with van der Waals surface area (Å²) < 4.78 is 0. The molecule has 0 unspecified atom stereocenters. The smallest absolute Gasteiger partial charge is 0.550 e. The zero-order valence-electron chi connectivity index (χ0n) is 27.7. The van der Waals surface area contributed by atoms with E-state index in [0.29, 0.717) is 11.1 Å². The minimum Gasteiger partial charge on any atom is -0.550 e. The fourth-order valence-corrected chi connectivity index (χ4v) is 4.68. The van der Waals surface area contributed by atoms with Crippen molar-refractivity contribution in [1.82, 2.24) is 0 Å². The standard InChI is InChI=1S/C36H32N2O2.2C2H4O2.Co/c1-3-25-19-29(27-11-7-5-8-12-27)21-31(35(25)39)23-37-33-15-17-34(18-16-33)38-24-32-22-30(20-26(4-2)36(32)40)28-13-9-6-10-14-28;2*1-2(3)4;/h5-24,39-40H,3-4H2,1-2H3;2*1H3,(H,3,4);/q;;;+2/p-2. The van der Waals surface area contributed by atoms with Gasteiger partial charge >= 0.3 is 16.8 Å². The summed E-state index contributed by atoms with van der Waals surface area (Å²) in [6, 6.07) is 35.8. The molecular weight excluding hydrogens is 663 g/mol. The first-order valence-electron chi connectivity index (χ1n) is 15.4. The van der Waals surface area contributed by atoms with Crippen molar-refractivity contribution in [2.24, 2.45) is 9.98 Å². The second-order valence-electron chi connectivity index (χ2n) is 10.6. The molecule has 0 saturated carbocycles. The Kier molecular flexibility index (Phi) is 16.2. The number of benzene rings is 5. The first kappa shape index (κ1) is 39.7. The molecule has 8 nitrogen and oxygen atoms in total. The summed E-state index contributed by atoms with van der Waals surface area (Å²) in [6.07, 6.45) is 4.87. The van der Waals surface area contributed by atoms with Gasteiger partial charge in [0.05, 0.1) is 11.4 Å². The molecule has 0 aliphatic carbocycles. The monoisotopic (exact) mass is 701 g/mol. The molecule has 0 heterocycles. The van der Waals surface area contributed by atoms with E-state index in [4.69, 9.17) is 19.8 Å². The Balaban J connectivity index is 0.000000837. The van der Waals surface area contributed by atoms with Crippen molar-refractivity contribution in [2.75, 3.05) is 0 Å². The Morgan fingerprint density at radius 3 is 1.16 bits per heavy atom. The summed E-state index contributed by atoms with van der Waals surface area (Å²) in [5.41, 5.74) is 8.94. The van der Waals surface area contributed by atoms with Gasteiger partial charge in [-0.3, -0.25) is 9.98 Å². The molecule has 0 aliphatic rings. The second kappa shape index (κ2) is 20.0. The van der Waals surface area contributed by atoms with Crippen molar-refractivity contribution in [3.8, 4) is 33.8 Å². The molecular formula is C40H38CoN2O6. The summed E-state index contributed by atoms with van der Waals surface area (Å²) in [4.78, 5) is 27.0. The van der Waals surface area contributed by atoms with Crippen LogP contribution in [0.25, 0.3) is 22.3 Å². The number of aliphatic carboxylic acids is 2. The molecule has 0 saturated heterocycles. The van der Waals surface area contributed by atoms with Gasteiger partial charge in [-0.1, -0.05) is 74.5 Å². The van der Waals surface area contributed by atoms with Gasteiger partial charge in [-0.25, -0.2) is 0 Å². The van der Waals surface area contributed by atoms with Gasteiger partial charge in [-0.15, -0.1) is 0 Å². The van der Waals surface area contributed by atoms with Crippen LogP contribution < -0.4 is 10.2 Å². The number of hydrogen-bond donors (Lipinski definition) is 2. The van der Waals surface area contributed by atoms with Gasteiger partial charge in [-0.2, -0.15) is 0 Å². The van der Waals surface area contributed by atoms with Crippen LogP contribution in [0.2, 0.25) is 0 Å². The number of carbonyl (C=O) groups excluding carboxylic acids is 2. The first-order valence-corrected chi connectivity index (χ1v) is 15.4. The van der Waals surface area contributed by atoms with Crippen LogP contribution >= 0.6 is 0 Å². The number of nitrogens with zero attached hydrogens (tertiary/aromatic N) is 2. The van der Waals surface area contributed by atoms with E-state index >= 15 is 0 Å². The van der Waals surface area contributed by atoms with Crippen LogP contribution in [0, 0.1) is 0 Å². The van der Waals surface area contributed by atoms with Gasteiger partial charge in [0.25, 0.3) is 0 Å². The molecule has 49 heavy (non-hydrogen) atoms. The molecule has 1 radical (unpaired) electrons. The third-order valence-electron chi connectivity index (χ3n) is 6.97. The number of aromatic hydroxyl groups is 2. The van der Waals surface area contributed by atoms with Crippen LogP contribution in [0.3, 0.4) is 0 Å². The summed E-state index contributed by atoms with van der Waals surface area (Å²) in [7, 11) is 0. The number of hydrogen-bond acceptors (Lipinski definition) is 8. The van der Waals surface area contributed by atoms with Crippen molar-refractivity contribution in [1.29, 1.82) is 0 Å². The molecule has 0 fully saturated rings. The van der Waals surface area contributed by atoms with E-state index in [1.165, 1.54) is 0 Å². The van der Waals surface area contributed by atoms with Crippen LogP contribution in [0.15, 0.2) is 119 Å². The van der Waals surface area contributed by atoms with E-state index in [-0.39, 0.29) is 28.3 Å². The Morgan fingerprint density at radius 1 is 0.571 bits per heavy atom. The molecule has 2 N–H and O–H groups in total. The minimum atomic E-state index is -1.08. The van der Waals surface area contributed by atoms with E-state index in [1.54, 1.807) is 12.4 Å². The van der Waals surface area contributed by atoms with Crippen LogP contribution in [-0.2, 0) is 39.2 Å². The molecule has 0 bridgehead atoms. The summed E-state index contributed by atoms with van der Waals surface area (Å²) in [6.45, 7) is 6.01. The van der Waals surface area contributed by atoms with Gasteiger partial charge in [0.1, 0.15) is 11.5 Å². The maximum absolute atomic E-state index is 10.8. The van der Waals surface area contributed by atoms with Crippen LogP contribution in [0.4, 0.5) is 11.4 Å². The van der Waals surface area contributed by atoms with Crippen molar-refractivity contribution < 1.29 is 46.8 Å². The molecule has 0 spiro atoms. The largest absolute Gasteiger partial charge is 2.00 e. The minimum absolute atomic E-state index is 0. The van der Waals surface area contributed by atoms with Crippen molar-refractivity contribution in [2.45, 2.75) is 40.5 Å². The molecule has 0 aromatic heterocycles.